The molecular formula is C33H48O4S2. The smallest absolute Gasteiger partial charge is 0.310 e. The van der Waals surface area contributed by atoms with E-state index in [1.165, 1.54) is 36.8 Å². The van der Waals surface area contributed by atoms with Crippen LogP contribution in [0.1, 0.15) is 91.0 Å². The molecular weight excluding hydrogens is 524 g/mol. The van der Waals surface area contributed by atoms with Crippen molar-refractivity contribution in [2.75, 3.05) is 18.3 Å². The lowest BCUT2D eigenvalue weighted by molar-refractivity contribution is -0.149. The number of allylic oxidation sites excluding steroid dienone is 2. The van der Waals surface area contributed by atoms with E-state index < -0.39 is 31.2 Å². The number of carbonyl (C=O) groups is 1. The fourth-order valence-corrected chi connectivity index (χ4v) is 18.1. The maximum atomic E-state index is 12.6. The number of carboxylic acid groups (broad SMARTS) is 1. The Balaban J connectivity index is 1.34. The summed E-state index contributed by atoms with van der Waals surface area (Å²) in [5, 5.41) is 11.5. The van der Waals surface area contributed by atoms with E-state index in [1.54, 1.807) is 12.1 Å². The molecule has 0 amide bonds. The highest BCUT2D eigenvalue weighted by Gasteiger charge is 2.68. The van der Waals surface area contributed by atoms with E-state index in [1.807, 2.05) is 12.1 Å². The van der Waals surface area contributed by atoms with E-state index >= 15 is 0 Å². The van der Waals surface area contributed by atoms with Crippen LogP contribution in [0.3, 0.4) is 0 Å². The van der Waals surface area contributed by atoms with Crippen LogP contribution in [0.4, 0.5) is 0 Å². The lowest BCUT2D eigenvalue weighted by Crippen LogP contribution is -2.63. The Morgan fingerprint density at radius 3 is 2.23 bits per heavy atom. The molecule has 0 bridgehead atoms. The Bertz CT molecular complexity index is 1330. The molecule has 8 atom stereocenters. The molecule has 2 heterocycles. The van der Waals surface area contributed by atoms with Crippen LogP contribution in [0.25, 0.3) is 5.57 Å². The molecule has 216 valence electrons. The van der Waals surface area contributed by atoms with Gasteiger partial charge in [0.15, 0.2) is 9.84 Å². The van der Waals surface area contributed by atoms with Gasteiger partial charge in [-0.3, -0.25) is 4.79 Å². The summed E-state index contributed by atoms with van der Waals surface area (Å²) < 4.78 is 24.1. The molecule has 2 saturated heterocycles. The quantitative estimate of drug-likeness (QED) is 0.406. The van der Waals surface area contributed by atoms with Crippen LogP contribution < -0.4 is 0 Å². The van der Waals surface area contributed by atoms with Crippen molar-refractivity contribution in [1.82, 2.24) is 0 Å². The van der Waals surface area contributed by atoms with Gasteiger partial charge in [0.2, 0.25) is 0 Å². The number of hydrogen-bond donors (Lipinski definition) is 1. The minimum absolute atomic E-state index is 0.00498. The third-order valence-corrected chi connectivity index (χ3v) is 19.4. The monoisotopic (exact) mass is 572 g/mol. The molecule has 0 radical (unpaired) electrons. The van der Waals surface area contributed by atoms with Crippen LogP contribution in [-0.4, -0.2) is 48.3 Å². The molecule has 2 aliphatic heterocycles. The van der Waals surface area contributed by atoms with Crippen molar-refractivity contribution in [2.24, 2.45) is 33.5 Å². The van der Waals surface area contributed by atoms with E-state index in [9.17, 15) is 18.3 Å². The Morgan fingerprint density at radius 1 is 0.897 bits per heavy atom. The minimum atomic E-state index is -3.21. The molecule has 39 heavy (non-hydrogen) atoms. The molecule has 0 aromatic heterocycles. The van der Waals surface area contributed by atoms with Gasteiger partial charge in [0, 0.05) is 11.5 Å². The van der Waals surface area contributed by atoms with Crippen molar-refractivity contribution >= 4 is 31.4 Å². The first-order valence-corrected chi connectivity index (χ1v) is 19.3. The van der Waals surface area contributed by atoms with E-state index in [4.69, 9.17) is 0 Å². The number of rotatable bonds is 3. The maximum Gasteiger partial charge on any atom is 0.310 e. The topological polar surface area (TPSA) is 71.4 Å². The summed E-state index contributed by atoms with van der Waals surface area (Å²) in [4.78, 5) is 13.0. The van der Waals surface area contributed by atoms with Gasteiger partial charge in [0.05, 0.1) is 10.3 Å². The largest absolute Gasteiger partial charge is 0.481 e. The molecule has 1 aromatic carbocycles. The van der Waals surface area contributed by atoms with Crippen molar-refractivity contribution in [2.45, 2.75) is 101 Å². The predicted octanol–water partition coefficient (Wildman–Crippen LogP) is 7.57. The van der Waals surface area contributed by atoms with Crippen LogP contribution in [0.15, 0.2) is 35.2 Å². The molecule has 6 heteroatoms. The van der Waals surface area contributed by atoms with Crippen molar-refractivity contribution < 1.29 is 18.3 Å². The van der Waals surface area contributed by atoms with E-state index in [2.05, 4.69) is 40.0 Å². The van der Waals surface area contributed by atoms with Gasteiger partial charge < -0.3 is 5.11 Å². The molecule has 6 rings (SSSR count). The zero-order valence-electron chi connectivity index (χ0n) is 24.8. The first-order valence-electron chi connectivity index (χ1n) is 15.1. The standard InChI is InChI=1S/C33H48O4S2/c1-30(2)24(22-9-11-23(12-10-22)39(6,36)37)13-18-31(3)25(30)14-19-32(4)26(31)16-21-38(5)27(32)15-20-33(29(34)35)17-7-8-28(33)38/h9-13,25-28H,7-8,14-21H2,1-6H3,(H,34,35)/t25?,26?,27?,28?,31-,32+,33-/m0/s1. The highest BCUT2D eigenvalue weighted by molar-refractivity contribution is 8.34. The maximum absolute atomic E-state index is 12.6. The van der Waals surface area contributed by atoms with Crippen LogP contribution in [0.5, 0.6) is 0 Å². The van der Waals surface area contributed by atoms with E-state index in [0.29, 0.717) is 32.6 Å². The van der Waals surface area contributed by atoms with Gasteiger partial charge in [0.1, 0.15) is 0 Å². The second-order valence-corrected chi connectivity index (χ2v) is 21.1. The normalized spacial score (nSPS) is 46.5. The zero-order chi connectivity index (χ0) is 28.2. The lowest BCUT2D eigenvalue weighted by Gasteiger charge is -2.72. The Hall–Kier alpha value is -1.27. The van der Waals surface area contributed by atoms with Crippen LogP contribution >= 0.6 is 10.0 Å². The van der Waals surface area contributed by atoms with E-state index in [-0.39, 0.29) is 10.8 Å². The van der Waals surface area contributed by atoms with Gasteiger partial charge in [0.25, 0.3) is 0 Å². The number of sulfone groups is 1. The molecule has 4 fully saturated rings. The summed E-state index contributed by atoms with van der Waals surface area (Å²) in [6.07, 6.45) is 16.3. The summed E-state index contributed by atoms with van der Waals surface area (Å²) in [5.41, 5.74) is 2.61. The molecule has 3 aliphatic carbocycles. The molecule has 2 saturated carbocycles. The summed E-state index contributed by atoms with van der Waals surface area (Å²) in [7, 11) is -4.21. The Kier molecular flexibility index (Phi) is 6.17. The number of fused-ring (bicyclic) bond motifs is 7. The van der Waals surface area contributed by atoms with Crippen molar-refractivity contribution in [1.29, 1.82) is 0 Å². The van der Waals surface area contributed by atoms with Gasteiger partial charge in [-0.1, -0.05) is 52.3 Å². The third kappa shape index (κ3) is 3.68. The van der Waals surface area contributed by atoms with Gasteiger partial charge in [-0.15, -0.1) is 0 Å². The number of aliphatic carboxylic acids is 1. The fourth-order valence-electron chi connectivity index (χ4n) is 11.5. The van der Waals surface area contributed by atoms with E-state index in [0.717, 1.165) is 44.1 Å². The summed E-state index contributed by atoms with van der Waals surface area (Å²) >= 11 is 0. The molecule has 4 nitrogen and oxygen atoms in total. The Labute approximate surface area is 237 Å². The molecule has 5 aliphatic rings. The van der Waals surface area contributed by atoms with Crippen molar-refractivity contribution in [3.63, 3.8) is 0 Å². The van der Waals surface area contributed by atoms with Gasteiger partial charge >= 0.3 is 5.97 Å². The molecule has 1 N–H and O–H groups in total. The fraction of sp³-hybridized carbons (Fsp3) is 0.727. The van der Waals surface area contributed by atoms with Crippen LogP contribution in [-0.2, 0) is 14.6 Å². The van der Waals surface area contributed by atoms with Crippen molar-refractivity contribution in [3.05, 3.63) is 35.9 Å². The van der Waals surface area contributed by atoms with Crippen LogP contribution in [0.2, 0.25) is 0 Å². The highest BCUT2D eigenvalue weighted by Crippen LogP contribution is 2.79. The molecule has 5 unspecified atom stereocenters. The predicted molar refractivity (Wildman–Crippen MR) is 162 cm³/mol. The van der Waals surface area contributed by atoms with Crippen molar-refractivity contribution in [3.8, 4) is 0 Å². The zero-order valence-corrected chi connectivity index (χ0v) is 26.4. The average molecular weight is 573 g/mol. The number of benzene rings is 1. The Morgan fingerprint density at radius 2 is 1.59 bits per heavy atom. The lowest BCUT2D eigenvalue weighted by atomic mass is 9.42. The number of carboxylic acids is 1. The molecule has 1 aromatic rings. The van der Waals surface area contributed by atoms with Crippen LogP contribution in [0, 0.1) is 33.5 Å². The first-order chi connectivity index (χ1) is 18.1. The number of hydrogen-bond acceptors (Lipinski definition) is 3. The minimum Gasteiger partial charge on any atom is -0.481 e. The summed E-state index contributed by atoms with van der Waals surface area (Å²) in [5.74, 6) is 1.99. The third-order valence-electron chi connectivity index (χ3n) is 13.1. The highest BCUT2D eigenvalue weighted by atomic mass is 32.3. The summed E-state index contributed by atoms with van der Waals surface area (Å²) in [6.45, 7) is 10.0. The first kappa shape index (κ1) is 27.9. The second kappa shape index (κ2) is 8.63. The van der Waals surface area contributed by atoms with Gasteiger partial charge in [-0.25, -0.2) is 18.4 Å². The van der Waals surface area contributed by atoms with Gasteiger partial charge in [-0.2, -0.15) is 0 Å². The second-order valence-electron chi connectivity index (χ2n) is 15.1. The SMILES string of the molecule is CC1(C)C(c2ccc(S(C)(=O)=O)cc2)=CC[C@@]2(C)C1CC[C@]1(C)C2CCS2(C)C3CCC[C@]3(C(=O)O)CCC12. The summed E-state index contributed by atoms with van der Waals surface area (Å²) in [6, 6.07) is 7.54. The van der Waals surface area contributed by atoms with Gasteiger partial charge in [-0.05, 0) is 120 Å². The average Bonchev–Trinajstić information content (AvgIpc) is 3.30. The molecule has 0 spiro atoms.